The third-order valence-electron chi connectivity index (χ3n) is 18.7. The molecule has 3 aromatic carbocycles. The molecule has 4 aliphatic rings. The minimum Gasteiger partial charge on any atom is -0.444 e. The van der Waals surface area contributed by atoms with Gasteiger partial charge in [-0.2, -0.15) is 0 Å². The maximum Gasteiger partial charge on any atom is 0.410 e. The number of hydrogen-bond acceptors (Lipinski definition) is 12. The van der Waals surface area contributed by atoms with Crippen LogP contribution in [0.4, 0.5) is 19.2 Å². The summed E-state index contributed by atoms with van der Waals surface area (Å²) in [4.78, 5) is 73.1. The Labute approximate surface area is 626 Å². The van der Waals surface area contributed by atoms with Crippen molar-refractivity contribution in [1.29, 1.82) is 0 Å². The Bertz CT molecular complexity index is 3400. The Morgan fingerprint density at radius 2 is 0.644 bits per heavy atom. The summed E-state index contributed by atoms with van der Waals surface area (Å²) in [6.45, 7) is 37.9. The van der Waals surface area contributed by atoms with Gasteiger partial charge in [-0.05, 0) is 230 Å². The SMILES string of the molecule is Cc1cn(CCC2CCCCN2C(=O)OC(C)(C)C)cn1.Cc1cn(CCC2CCCCN2C(=O)OC(C)(C)C)cn1.Cc1cncn1CCC1CCCCN1C(=O)OC(C)(C)C.Cc1cncn1CCC1CCCCN1C(=O)OC(C)(C)C.ClC(c1ccccc1)(c1ccccc1)c1ccccc1. The van der Waals surface area contributed by atoms with Crippen LogP contribution < -0.4 is 0 Å². The van der Waals surface area contributed by atoms with E-state index in [1.54, 1.807) is 0 Å². The van der Waals surface area contributed by atoms with Crippen molar-refractivity contribution < 1.29 is 38.1 Å². The summed E-state index contributed by atoms with van der Waals surface area (Å²) in [5.74, 6) is 0. The lowest BCUT2D eigenvalue weighted by Gasteiger charge is -2.37. The van der Waals surface area contributed by atoms with Gasteiger partial charge in [0.1, 0.15) is 27.3 Å². The molecule has 4 aromatic heterocycles. The van der Waals surface area contributed by atoms with Gasteiger partial charge in [0, 0.05) is 113 Å². The molecular formula is C83H123ClN12O8. The second kappa shape index (κ2) is 39.3. The average molecular weight is 1450 g/mol. The van der Waals surface area contributed by atoms with E-state index in [1.165, 1.54) is 25.7 Å². The normalized spacial score (nSPS) is 18.0. The molecule has 4 unspecified atom stereocenters. The number of ether oxygens (including phenoxy) is 4. The van der Waals surface area contributed by atoms with Gasteiger partial charge in [-0.15, -0.1) is 11.6 Å². The van der Waals surface area contributed by atoms with Gasteiger partial charge in [0.15, 0.2) is 0 Å². The summed E-state index contributed by atoms with van der Waals surface area (Å²) in [5.41, 5.74) is 5.91. The second-order valence-corrected chi connectivity index (χ2v) is 32.7. The summed E-state index contributed by atoms with van der Waals surface area (Å²) in [6.07, 6.45) is 31.7. The third kappa shape index (κ3) is 27.4. The number of hydrogen-bond donors (Lipinski definition) is 0. The van der Waals surface area contributed by atoms with Crippen molar-refractivity contribution in [3.63, 3.8) is 0 Å². The standard InChI is InChI=1S/C19H15Cl.4C16H27N3O2/c20-19(16-10-4-1-5-11-16,17-12-6-2-7-13-17)18-14-8-3-9-15-18;2*1-13-11-18(12-17-13)10-8-14-7-5-6-9-19(14)15(20)21-16(2,3)4;2*1-13-11-17-12-18(13)10-8-14-7-5-6-9-19(14)15(20)21-16(2,3)4/h1-15H;4*11-12,14H,5-10H2,1-4H3. The number of alkyl halides is 1. The number of halogens is 1. The van der Waals surface area contributed by atoms with Gasteiger partial charge >= 0.3 is 24.4 Å². The Kier molecular flexibility index (Phi) is 31.4. The molecule has 11 rings (SSSR count). The van der Waals surface area contributed by atoms with Crippen molar-refractivity contribution in [1.82, 2.24) is 57.8 Å². The van der Waals surface area contributed by atoms with E-state index in [2.05, 4.69) is 88.4 Å². The van der Waals surface area contributed by atoms with Crippen LogP contribution in [-0.2, 0) is 50.0 Å². The number of amides is 4. The number of carbonyl (C=O) groups is 4. The Morgan fingerprint density at radius 3 is 0.865 bits per heavy atom. The maximum atomic E-state index is 12.3. The number of piperidine rings is 4. The monoisotopic (exact) mass is 1450 g/mol. The number of carbonyl (C=O) groups excluding carboxylic acids is 4. The van der Waals surface area contributed by atoms with Crippen LogP contribution in [0.2, 0.25) is 0 Å². The van der Waals surface area contributed by atoms with Crippen LogP contribution in [0.5, 0.6) is 0 Å². The van der Waals surface area contributed by atoms with Crippen LogP contribution >= 0.6 is 11.6 Å². The van der Waals surface area contributed by atoms with Crippen molar-refractivity contribution in [2.75, 3.05) is 26.2 Å². The molecule has 4 atom stereocenters. The highest BCUT2D eigenvalue weighted by molar-refractivity contribution is 6.28. The third-order valence-corrected chi connectivity index (χ3v) is 19.4. The molecule has 8 heterocycles. The first-order chi connectivity index (χ1) is 49.2. The fraction of sp³-hybridized carbons (Fsp3) is 0.590. The van der Waals surface area contributed by atoms with Crippen molar-refractivity contribution in [2.45, 2.75) is 291 Å². The molecule has 4 saturated heterocycles. The van der Waals surface area contributed by atoms with Crippen molar-refractivity contribution in [3.05, 3.63) is 181 Å². The number of rotatable bonds is 15. The molecular weight excluding hydrogens is 1330 g/mol. The van der Waals surface area contributed by atoms with Gasteiger partial charge in [0.25, 0.3) is 0 Å². The van der Waals surface area contributed by atoms with Gasteiger partial charge < -0.3 is 56.8 Å². The zero-order valence-corrected chi connectivity index (χ0v) is 66.3. The molecule has 0 bridgehead atoms. The lowest BCUT2D eigenvalue weighted by molar-refractivity contribution is 0.00734. The molecule has 0 aliphatic carbocycles. The molecule has 4 aliphatic heterocycles. The first-order valence-electron chi connectivity index (χ1n) is 38.0. The quantitative estimate of drug-likeness (QED) is 0.0537. The van der Waals surface area contributed by atoms with Crippen LogP contribution in [0.25, 0.3) is 0 Å². The smallest absolute Gasteiger partial charge is 0.410 e. The van der Waals surface area contributed by atoms with E-state index in [0.29, 0.717) is 0 Å². The largest absolute Gasteiger partial charge is 0.444 e. The van der Waals surface area contributed by atoms with E-state index in [0.717, 1.165) is 169 Å². The van der Waals surface area contributed by atoms with Gasteiger partial charge in [-0.1, -0.05) is 91.0 Å². The molecule has 4 amide bonds. The molecule has 0 saturated carbocycles. The van der Waals surface area contributed by atoms with Crippen LogP contribution in [0.1, 0.15) is 225 Å². The number of aryl methyl sites for hydroxylation is 8. The van der Waals surface area contributed by atoms with Gasteiger partial charge in [0.05, 0.1) is 36.7 Å². The minimum absolute atomic E-state index is 0.172. The summed E-state index contributed by atoms with van der Waals surface area (Å²) in [6, 6.07) is 31.7. The fourth-order valence-corrected chi connectivity index (χ4v) is 13.9. The predicted octanol–water partition coefficient (Wildman–Crippen LogP) is 18.7. The van der Waals surface area contributed by atoms with E-state index >= 15 is 0 Å². The lowest BCUT2D eigenvalue weighted by Crippen LogP contribution is -2.46. The maximum absolute atomic E-state index is 12.3. The van der Waals surface area contributed by atoms with Gasteiger partial charge in [-0.25, -0.2) is 39.1 Å². The van der Waals surface area contributed by atoms with E-state index in [4.69, 9.17) is 30.5 Å². The predicted molar refractivity (Wildman–Crippen MR) is 414 cm³/mol. The Balaban J connectivity index is 0.000000182. The molecule has 0 radical (unpaired) electrons. The molecule has 4 fully saturated rings. The van der Waals surface area contributed by atoms with Crippen LogP contribution in [0.15, 0.2) is 141 Å². The zero-order chi connectivity index (χ0) is 75.7. The molecule has 0 N–H and O–H groups in total. The highest BCUT2D eigenvalue weighted by Gasteiger charge is 2.36. The molecule has 104 heavy (non-hydrogen) atoms. The molecule has 20 nitrogen and oxygen atoms in total. The fourth-order valence-electron chi connectivity index (χ4n) is 13.6. The lowest BCUT2D eigenvalue weighted by atomic mass is 9.84. The summed E-state index contributed by atoms with van der Waals surface area (Å²) in [7, 11) is 0. The van der Waals surface area contributed by atoms with E-state index in [9.17, 15) is 19.2 Å². The number of benzene rings is 3. The van der Waals surface area contributed by atoms with Gasteiger partial charge in [0.2, 0.25) is 0 Å². The van der Waals surface area contributed by atoms with Crippen molar-refractivity contribution in [2.24, 2.45) is 0 Å². The van der Waals surface area contributed by atoms with Crippen LogP contribution in [0, 0.1) is 27.7 Å². The number of imidazole rings is 4. The van der Waals surface area contributed by atoms with Crippen LogP contribution in [0.3, 0.4) is 0 Å². The van der Waals surface area contributed by atoms with Crippen molar-refractivity contribution >= 4 is 36.0 Å². The Hall–Kier alpha value is -8.13. The highest BCUT2D eigenvalue weighted by Crippen LogP contribution is 2.43. The zero-order valence-electron chi connectivity index (χ0n) is 65.6. The molecule has 0 spiro atoms. The summed E-state index contributed by atoms with van der Waals surface area (Å²) in [5, 5.41) is 0. The first-order valence-corrected chi connectivity index (χ1v) is 38.4. The van der Waals surface area contributed by atoms with E-state index < -0.39 is 27.3 Å². The minimum atomic E-state index is -0.649. The molecule has 7 aromatic rings. The van der Waals surface area contributed by atoms with E-state index in [1.807, 2.05) is 221 Å². The van der Waals surface area contributed by atoms with E-state index in [-0.39, 0.29) is 48.5 Å². The van der Waals surface area contributed by atoms with Gasteiger partial charge in [-0.3, -0.25) is 0 Å². The second-order valence-electron chi connectivity index (χ2n) is 32.2. The number of aromatic nitrogens is 8. The highest BCUT2D eigenvalue weighted by atomic mass is 35.5. The molecule has 570 valence electrons. The number of nitrogens with zero attached hydrogens (tertiary/aromatic N) is 12. The first kappa shape index (κ1) is 83.1. The molecule has 21 heteroatoms. The van der Waals surface area contributed by atoms with Crippen molar-refractivity contribution in [3.8, 4) is 0 Å². The number of likely N-dealkylation sites (tertiary alicyclic amines) is 4. The topological polar surface area (TPSA) is 189 Å². The average Bonchev–Trinajstić information content (AvgIpc) is 0.943. The summed E-state index contributed by atoms with van der Waals surface area (Å²) < 4.78 is 30.6. The van der Waals surface area contributed by atoms with Crippen LogP contribution in [-0.4, -0.2) is 155 Å². The summed E-state index contributed by atoms with van der Waals surface area (Å²) >= 11 is 7.12. The Morgan fingerprint density at radius 1 is 0.385 bits per heavy atom.